The highest BCUT2D eigenvalue weighted by Crippen LogP contribution is 2.30. The molecule has 0 aliphatic carbocycles. The van der Waals surface area contributed by atoms with Crippen LogP contribution < -0.4 is 9.47 Å². The standard InChI is InChI=1S/C19H23NO3S/c1-5-22-14(3)19-18(24-6-2)11-17(12-20-19)23-13-15-7-9-16(21-4)10-8-15/h7-12H,3,5-6,13H2,1-2,4H3. The van der Waals surface area contributed by atoms with E-state index >= 15 is 0 Å². The Morgan fingerprint density at radius 3 is 2.54 bits per heavy atom. The van der Waals surface area contributed by atoms with Crippen LogP contribution in [0.25, 0.3) is 5.76 Å². The van der Waals surface area contributed by atoms with Gasteiger partial charge in [0.2, 0.25) is 0 Å². The number of benzene rings is 1. The molecule has 24 heavy (non-hydrogen) atoms. The maximum absolute atomic E-state index is 5.86. The van der Waals surface area contributed by atoms with Crippen molar-refractivity contribution < 1.29 is 14.2 Å². The normalized spacial score (nSPS) is 10.3. The molecule has 1 aromatic carbocycles. The average Bonchev–Trinajstić information content (AvgIpc) is 2.61. The molecule has 5 heteroatoms. The molecular weight excluding hydrogens is 322 g/mol. The largest absolute Gasteiger partial charge is 0.497 e. The van der Waals surface area contributed by atoms with Crippen LogP contribution in [-0.4, -0.2) is 24.5 Å². The lowest BCUT2D eigenvalue weighted by molar-refractivity contribution is 0.294. The minimum atomic E-state index is 0.480. The Hall–Kier alpha value is -2.14. The first-order chi connectivity index (χ1) is 11.7. The molecular formula is C19H23NO3S. The van der Waals surface area contributed by atoms with Gasteiger partial charge in [-0.25, -0.2) is 4.98 Å². The van der Waals surface area contributed by atoms with E-state index in [-0.39, 0.29) is 0 Å². The van der Waals surface area contributed by atoms with E-state index in [2.05, 4.69) is 18.5 Å². The van der Waals surface area contributed by atoms with Gasteiger partial charge in [-0.05, 0) is 36.4 Å². The van der Waals surface area contributed by atoms with Crippen molar-refractivity contribution in [2.24, 2.45) is 0 Å². The van der Waals surface area contributed by atoms with Crippen molar-refractivity contribution in [3.63, 3.8) is 0 Å². The number of rotatable bonds is 9. The van der Waals surface area contributed by atoms with Gasteiger partial charge in [-0.2, -0.15) is 0 Å². The molecule has 0 saturated carbocycles. The lowest BCUT2D eigenvalue weighted by Gasteiger charge is -2.13. The molecule has 0 unspecified atom stereocenters. The predicted molar refractivity (Wildman–Crippen MR) is 98.6 cm³/mol. The third-order valence-corrected chi connectivity index (χ3v) is 4.19. The smallest absolute Gasteiger partial charge is 0.139 e. The van der Waals surface area contributed by atoms with Crippen molar-refractivity contribution >= 4 is 17.5 Å². The van der Waals surface area contributed by atoms with E-state index in [1.165, 1.54) is 0 Å². The fourth-order valence-corrected chi connectivity index (χ4v) is 2.93. The Balaban J connectivity index is 2.09. The van der Waals surface area contributed by atoms with Gasteiger partial charge in [-0.3, -0.25) is 0 Å². The molecule has 0 amide bonds. The third kappa shape index (κ3) is 4.93. The van der Waals surface area contributed by atoms with E-state index in [9.17, 15) is 0 Å². The SMILES string of the molecule is C=C(OCC)c1ncc(OCc2ccc(OC)cc2)cc1SCC. The van der Waals surface area contributed by atoms with Crippen molar-refractivity contribution in [3.8, 4) is 11.5 Å². The maximum Gasteiger partial charge on any atom is 0.139 e. The Morgan fingerprint density at radius 2 is 1.92 bits per heavy atom. The first-order valence-electron chi connectivity index (χ1n) is 7.88. The lowest BCUT2D eigenvalue weighted by atomic mass is 10.2. The second-order valence-electron chi connectivity index (χ2n) is 4.94. The molecule has 0 bridgehead atoms. The summed E-state index contributed by atoms with van der Waals surface area (Å²) in [6.07, 6.45) is 1.71. The Labute approximate surface area is 147 Å². The molecule has 128 valence electrons. The molecule has 0 fully saturated rings. The highest BCUT2D eigenvalue weighted by atomic mass is 32.2. The summed E-state index contributed by atoms with van der Waals surface area (Å²) in [6.45, 7) is 9.04. The summed E-state index contributed by atoms with van der Waals surface area (Å²) in [5, 5.41) is 0. The van der Waals surface area contributed by atoms with Crippen molar-refractivity contribution in [1.29, 1.82) is 0 Å². The zero-order valence-electron chi connectivity index (χ0n) is 14.4. The Kier molecular flexibility index (Phi) is 7.00. The summed E-state index contributed by atoms with van der Waals surface area (Å²) in [7, 11) is 1.65. The van der Waals surface area contributed by atoms with Crippen LogP contribution in [0.5, 0.6) is 11.5 Å². The predicted octanol–water partition coefficient (Wildman–Crippen LogP) is 4.79. The zero-order valence-corrected chi connectivity index (χ0v) is 15.2. The van der Waals surface area contributed by atoms with E-state index in [0.29, 0.717) is 19.0 Å². The third-order valence-electron chi connectivity index (χ3n) is 3.27. The molecule has 4 nitrogen and oxygen atoms in total. The van der Waals surface area contributed by atoms with E-state index in [0.717, 1.165) is 33.4 Å². The van der Waals surface area contributed by atoms with Crippen molar-refractivity contribution in [1.82, 2.24) is 4.98 Å². The van der Waals surface area contributed by atoms with Crippen molar-refractivity contribution in [2.75, 3.05) is 19.5 Å². The Morgan fingerprint density at radius 1 is 1.17 bits per heavy atom. The Bertz CT molecular complexity index is 671. The highest BCUT2D eigenvalue weighted by molar-refractivity contribution is 7.99. The number of ether oxygens (including phenoxy) is 3. The molecule has 0 radical (unpaired) electrons. The first-order valence-corrected chi connectivity index (χ1v) is 8.87. The van der Waals surface area contributed by atoms with E-state index in [4.69, 9.17) is 14.2 Å². The van der Waals surface area contributed by atoms with Gasteiger partial charge in [0, 0.05) is 4.90 Å². The topological polar surface area (TPSA) is 40.6 Å². The molecule has 0 aliphatic heterocycles. The summed E-state index contributed by atoms with van der Waals surface area (Å²) in [5.74, 6) is 3.10. The summed E-state index contributed by atoms with van der Waals surface area (Å²) >= 11 is 1.70. The quantitative estimate of drug-likeness (QED) is 0.483. The van der Waals surface area contributed by atoms with Crippen molar-refractivity contribution in [3.05, 3.63) is 54.4 Å². The molecule has 1 aromatic heterocycles. The van der Waals surface area contributed by atoms with Crippen LogP contribution in [0.15, 0.2) is 48.0 Å². The van der Waals surface area contributed by atoms with Gasteiger partial charge in [0.05, 0.1) is 19.9 Å². The zero-order chi connectivity index (χ0) is 17.4. The number of thioether (sulfide) groups is 1. The summed E-state index contributed by atoms with van der Waals surface area (Å²) in [6, 6.07) is 9.80. The molecule has 0 saturated heterocycles. The molecule has 0 spiro atoms. The summed E-state index contributed by atoms with van der Waals surface area (Å²) < 4.78 is 16.5. The number of aromatic nitrogens is 1. The van der Waals surface area contributed by atoms with Gasteiger partial charge in [0.25, 0.3) is 0 Å². The lowest BCUT2D eigenvalue weighted by Crippen LogP contribution is -2.00. The van der Waals surface area contributed by atoms with Crippen LogP contribution in [0.4, 0.5) is 0 Å². The van der Waals surface area contributed by atoms with Crippen LogP contribution in [-0.2, 0) is 11.3 Å². The molecule has 0 aliphatic rings. The number of nitrogens with zero attached hydrogens (tertiary/aromatic N) is 1. The van der Waals surface area contributed by atoms with Crippen LogP contribution in [0.1, 0.15) is 25.1 Å². The van der Waals surface area contributed by atoms with Gasteiger partial charge in [0.1, 0.15) is 29.6 Å². The van der Waals surface area contributed by atoms with E-state index in [1.807, 2.05) is 37.3 Å². The van der Waals surface area contributed by atoms with Crippen LogP contribution in [0.2, 0.25) is 0 Å². The van der Waals surface area contributed by atoms with E-state index < -0.39 is 0 Å². The molecule has 0 N–H and O–H groups in total. The molecule has 0 atom stereocenters. The number of hydrogen-bond acceptors (Lipinski definition) is 5. The fourth-order valence-electron chi connectivity index (χ4n) is 2.11. The summed E-state index contributed by atoms with van der Waals surface area (Å²) in [4.78, 5) is 5.48. The molecule has 2 rings (SSSR count). The average molecular weight is 345 g/mol. The van der Waals surface area contributed by atoms with Gasteiger partial charge < -0.3 is 14.2 Å². The highest BCUT2D eigenvalue weighted by Gasteiger charge is 2.11. The van der Waals surface area contributed by atoms with Crippen LogP contribution >= 0.6 is 11.8 Å². The second-order valence-corrected chi connectivity index (χ2v) is 6.25. The van der Waals surface area contributed by atoms with Crippen LogP contribution in [0.3, 0.4) is 0 Å². The van der Waals surface area contributed by atoms with Crippen molar-refractivity contribution in [2.45, 2.75) is 25.3 Å². The maximum atomic E-state index is 5.86. The second kappa shape index (κ2) is 9.23. The van der Waals surface area contributed by atoms with Gasteiger partial charge >= 0.3 is 0 Å². The van der Waals surface area contributed by atoms with Gasteiger partial charge in [0.15, 0.2) is 0 Å². The van der Waals surface area contributed by atoms with E-state index in [1.54, 1.807) is 25.1 Å². The fraction of sp³-hybridized carbons (Fsp3) is 0.316. The number of methoxy groups -OCH3 is 1. The molecule has 2 aromatic rings. The van der Waals surface area contributed by atoms with Crippen LogP contribution in [0, 0.1) is 0 Å². The summed E-state index contributed by atoms with van der Waals surface area (Å²) in [5.41, 5.74) is 1.85. The number of hydrogen-bond donors (Lipinski definition) is 0. The first kappa shape index (κ1) is 18.2. The number of pyridine rings is 1. The van der Waals surface area contributed by atoms with Gasteiger partial charge in [-0.1, -0.05) is 25.6 Å². The minimum absolute atomic E-state index is 0.480. The molecule has 1 heterocycles. The van der Waals surface area contributed by atoms with Gasteiger partial charge in [-0.15, -0.1) is 11.8 Å². The monoisotopic (exact) mass is 345 g/mol. The minimum Gasteiger partial charge on any atom is -0.497 e.